The number of piperidine rings is 1. The minimum absolute atomic E-state index is 0.102. The van der Waals surface area contributed by atoms with Crippen LogP contribution < -0.4 is 5.32 Å². The van der Waals surface area contributed by atoms with Crippen molar-refractivity contribution in [3.05, 3.63) is 36.5 Å². The quantitative estimate of drug-likeness (QED) is 0.879. The molecule has 3 atom stereocenters. The van der Waals surface area contributed by atoms with Gasteiger partial charge in [0, 0.05) is 30.6 Å². The number of ether oxygens (including phenoxy) is 1. The van der Waals surface area contributed by atoms with Crippen LogP contribution in [-0.2, 0) is 4.74 Å². The number of pyridine rings is 1. The first-order chi connectivity index (χ1) is 11.3. The summed E-state index contributed by atoms with van der Waals surface area (Å²) in [7, 11) is 0. The number of nitrogens with one attached hydrogen (secondary N) is 1. The first-order valence-corrected chi connectivity index (χ1v) is 8.38. The predicted molar refractivity (Wildman–Crippen MR) is 90.6 cm³/mol. The first kappa shape index (κ1) is 13.3. The average molecular weight is 308 g/mol. The molecule has 3 aliphatic rings. The molecule has 1 aromatic carbocycles. The summed E-state index contributed by atoms with van der Waals surface area (Å²) in [6.07, 6.45) is 4.43. The van der Waals surface area contributed by atoms with Gasteiger partial charge in [-0.3, -0.25) is 10.2 Å². The van der Waals surface area contributed by atoms with Crippen LogP contribution in [0.5, 0.6) is 0 Å². The molecule has 3 aliphatic heterocycles. The van der Waals surface area contributed by atoms with Gasteiger partial charge in [-0.05, 0) is 30.8 Å². The summed E-state index contributed by atoms with van der Waals surface area (Å²) in [6.45, 7) is 4.15. The predicted octanol–water partition coefficient (Wildman–Crippen LogP) is 2.50. The lowest BCUT2D eigenvalue weighted by Crippen LogP contribution is -2.41. The van der Waals surface area contributed by atoms with E-state index in [-0.39, 0.29) is 5.60 Å². The van der Waals surface area contributed by atoms with Crippen LogP contribution in [0.4, 0.5) is 5.82 Å². The summed E-state index contributed by atoms with van der Waals surface area (Å²) in [4.78, 5) is 11.6. The van der Waals surface area contributed by atoms with Crippen LogP contribution in [0.1, 0.15) is 12.8 Å². The number of aromatic nitrogens is 1. The Morgan fingerprint density at radius 1 is 1.26 bits per heavy atom. The van der Waals surface area contributed by atoms with Crippen LogP contribution in [-0.4, -0.2) is 47.7 Å². The second-order valence-corrected chi connectivity index (χ2v) is 6.90. The Labute approximate surface area is 135 Å². The number of hydrogen-bond donors (Lipinski definition) is 1. The standard InChI is InChI=1S/C18H20N4O/c1-2-5-14-9-19-16(8-13(14)4-1)21-17-20-11-18(23-17)12-22-7-3-6-15(18)10-22/h1-2,4-5,8-9,15H,3,6-7,10-12H2,(H,19,20,21)/t15-,18?/m0/s1. The highest BCUT2D eigenvalue weighted by Gasteiger charge is 2.52. The zero-order chi connectivity index (χ0) is 15.3. The van der Waals surface area contributed by atoms with Crippen molar-refractivity contribution in [2.75, 3.05) is 31.5 Å². The van der Waals surface area contributed by atoms with Crippen molar-refractivity contribution in [2.45, 2.75) is 18.4 Å². The molecular weight excluding hydrogens is 288 g/mol. The highest BCUT2D eigenvalue weighted by atomic mass is 16.5. The van der Waals surface area contributed by atoms with E-state index in [0.29, 0.717) is 11.9 Å². The highest BCUT2D eigenvalue weighted by Crippen LogP contribution is 2.40. The van der Waals surface area contributed by atoms with Gasteiger partial charge in [0.25, 0.3) is 6.02 Å². The molecule has 1 spiro atoms. The molecule has 0 radical (unpaired) electrons. The fourth-order valence-corrected chi connectivity index (χ4v) is 4.22. The minimum atomic E-state index is -0.102. The molecular formula is C18H20N4O. The van der Waals surface area contributed by atoms with E-state index in [0.717, 1.165) is 30.8 Å². The molecule has 2 bridgehead atoms. The number of aliphatic imine (C=N–C) groups is 1. The van der Waals surface area contributed by atoms with E-state index in [1.807, 2.05) is 24.4 Å². The van der Waals surface area contributed by atoms with Gasteiger partial charge in [0.05, 0.1) is 6.54 Å². The summed E-state index contributed by atoms with van der Waals surface area (Å²) in [5, 5.41) is 5.57. The molecule has 0 aliphatic carbocycles. The molecule has 0 amide bonds. The number of fused-ring (bicyclic) bond motifs is 4. The van der Waals surface area contributed by atoms with E-state index in [1.54, 1.807) is 0 Å². The van der Waals surface area contributed by atoms with Gasteiger partial charge in [-0.25, -0.2) is 9.98 Å². The third-order valence-electron chi connectivity index (χ3n) is 5.40. The Bertz CT molecular complexity index is 789. The fraction of sp³-hybridized carbons (Fsp3) is 0.444. The van der Waals surface area contributed by atoms with Gasteiger partial charge in [-0.15, -0.1) is 0 Å². The molecule has 2 saturated heterocycles. The van der Waals surface area contributed by atoms with Gasteiger partial charge in [-0.2, -0.15) is 0 Å². The maximum Gasteiger partial charge on any atom is 0.291 e. The normalized spacial score (nSPS) is 32.1. The number of nitrogens with zero attached hydrogens (tertiary/aromatic N) is 3. The maximum absolute atomic E-state index is 6.30. The number of hydrogen-bond acceptors (Lipinski definition) is 5. The highest BCUT2D eigenvalue weighted by molar-refractivity contribution is 5.92. The Morgan fingerprint density at radius 2 is 2.17 bits per heavy atom. The van der Waals surface area contributed by atoms with E-state index >= 15 is 0 Å². The summed E-state index contributed by atoms with van der Waals surface area (Å²) < 4.78 is 6.30. The summed E-state index contributed by atoms with van der Waals surface area (Å²) in [6, 6.07) is 10.9. The third kappa shape index (κ3) is 2.18. The van der Waals surface area contributed by atoms with Crippen LogP contribution in [0.25, 0.3) is 10.8 Å². The molecule has 2 aromatic rings. The topological polar surface area (TPSA) is 49.8 Å². The molecule has 23 heavy (non-hydrogen) atoms. The van der Waals surface area contributed by atoms with Crippen molar-refractivity contribution in [3.8, 4) is 0 Å². The third-order valence-corrected chi connectivity index (χ3v) is 5.40. The SMILES string of the molecule is c1ccc2cc(NC3=NCC4(CN5CCC[C@H]4C5)O3)ncc2c1. The van der Waals surface area contributed by atoms with Crippen molar-refractivity contribution < 1.29 is 4.74 Å². The molecule has 5 heteroatoms. The zero-order valence-corrected chi connectivity index (χ0v) is 13.0. The van der Waals surface area contributed by atoms with E-state index in [9.17, 15) is 0 Å². The molecule has 4 heterocycles. The maximum atomic E-state index is 6.30. The van der Waals surface area contributed by atoms with Gasteiger partial charge >= 0.3 is 0 Å². The second-order valence-electron chi connectivity index (χ2n) is 6.90. The van der Waals surface area contributed by atoms with Gasteiger partial charge in [-0.1, -0.05) is 24.3 Å². The smallest absolute Gasteiger partial charge is 0.291 e. The van der Waals surface area contributed by atoms with E-state index < -0.39 is 0 Å². The fourth-order valence-electron chi connectivity index (χ4n) is 4.22. The molecule has 0 saturated carbocycles. The van der Waals surface area contributed by atoms with Gasteiger partial charge in [0.2, 0.25) is 0 Å². The van der Waals surface area contributed by atoms with E-state index in [1.165, 1.54) is 24.8 Å². The summed E-state index contributed by atoms with van der Waals surface area (Å²) >= 11 is 0. The van der Waals surface area contributed by atoms with E-state index in [4.69, 9.17) is 4.74 Å². The molecule has 5 nitrogen and oxygen atoms in total. The van der Waals surface area contributed by atoms with Crippen LogP contribution >= 0.6 is 0 Å². The second kappa shape index (κ2) is 4.93. The molecule has 118 valence electrons. The van der Waals surface area contributed by atoms with Crippen molar-refractivity contribution in [3.63, 3.8) is 0 Å². The Kier molecular flexibility index (Phi) is 2.85. The van der Waals surface area contributed by atoms with Crippen LogP contribution in [0, 0.1) is 5.92 Å². The summed E-state index contributed by atoms with van der Waals surface area (Å²) in [5.41, 5.74) is -0.102. The Morgan fingerprint density at radius 3 is 3.09 bits per heavy atom. The molecule has 1 aromatic heterocycles. The van der Waals surface area contributed by atoms with Crippen molar-refractivity contribution in [2.24, 2.45) is 10.9 Å². The zero-order valence-electron chi connectivity index (χ0n) is 13.0. The van der Waals surface area contributed by atoms with Crippen LogP contribution in [0.15, 0.2) is 41.5 Å². The molecule has 2 fully saturated rings. The molecule has 1 N–H and O–H groups in total. The number of benzene rings is 1. The van der Waals surface area contributed by atoms with Gasteiger partial charge in [0.15, 0.2) is 0 Å². The Balaban J connectivity index is 1.35. The Hall–Kier alpha value is -2.14. The van der Waals surface area contributed by atoms with Crippen LogP contribution in [0.3, 0.4) is 0 Å². The number of anilines is 1. The minimum Gasteiger partial charge on any atom is -0.455 e. The lowest BCUT2D eigenvalue weighted by atomic mass is 9.87. The molecule has 5 rings (SSSR count). The van der Waals surface area contributed by atoms with Gasteiger partial charge in [0.1, 0.15) is 11.4 Å². The average Bonchev–Trinajstić information content (AvgIpc) is 3.08. The van der Waals surface area contributed by atoms with Crippen LogP contribution in [0.2, 0.25) is 0 Å². The van der Waals surface area contributed by atoms with Crippen molar-refractivity contribution in [1.82, 2.24) is 9.88 Å². The van der Waals surface area contributed by atoms with Crippen molar-refractivity contribution >= 4 is 22.6 Å². The lowest BCUT2D eigenvalue weighted by molar-refractivity contribution is 0.0588. The monoisotopic (exact) mass is 308 g/mol. The molecule has 2 unspecified atom stereocenters. The largest absolute Gasteiger partial charge is 0.455 e. The van der Waals surface area contributed by atoms with Crippen molar-refractivity contribution in [1.29, 1.82) is 0 Å². The lowest BCUT2D eigenvalue weighted by Gasteiger charge is -2.28. The van der Waals surface area contributed by atoms with E-state index in [2.05, 4.69) is 32.3 Å². The first-order valence-electron chi connectivity index (χ1n) is 8.38. The summed E-state index contributed by atoms with van der Waals surface area (Å²) in [5.74, 6) is 1.41. The van der Waals surface area contributed by atoms with Gasteiger partial charge < -0.3 is 4.74 Å². The number of amidine groups is 1. The number of rotatable bonds is 1.